The van der Waals surface area contributed by atoms with E-state index in [2.05, 4.69) is 12.2 Å². The first-order chi connectivity index (χ1) is 9.54. The summed E-state index contributed by atoms with van der Waals surface area (Å²) in [6, 6.07) is 4.07. The number of carbonyl (C=O) groups is 1. The Labute approximate surface area is 118 Å². The summed E-state index contributed by atoms with van der Waals surface area (Å²) in [4.78, 5) is 12.2. The summed E-state index contributed by atoms with van der Waals surface area (Å²) in [5, 5.41) is 3.04. The maximum atomic E-state index is 13.0. The predicted octanol–water partition coefficient (Wildman–Crippen LogP) is 2.96. The van der Waals surface area contributed by atoms with E-state index < -0.39 is 5.82 Å². The molecule has 2 saturated carbocycles. The minimum atomic E-state index is -0.416. The molecule has 20 heavy (non-hydrogen) atoms. The molecular weight excluding hydrogens is 255 g/mol. The molecule has 2 fully saturated rings. The van der Waals surface area contributed by atoms with Crippen LogP contribution in [-0.2, 0) is 0 Å². The summed E-state index contributed by atoms with van der Waals surface area (Å²) >= 11 is 0. The monoisotopic (exact) mass is 276 g/mol. The highest BCUT2D eigenvalue weighted by Gasteiger charge is 2.42. The lowest BCUT2D eigenvalue weighted by Crippen LogP contribution is -2.40. The fourth-order valence-electron chi connectivity index (χ4n) is 4.04. The zero-order valence-electron chi connectivity index (χ0n) is 11.7. The van der Waals surface area contributed by atoms with E-state index in [1.54, 1.807) is 0 Å². The van der Waals surface area contributed by atoms with E-state index >= 15 is 0 Å². The van der Waals surface area contributed by atoms with Crippen LogP contribution in [0.1, 0.15) is 43.0 Å². The maximum absolute atomic E-state index is 13.0. The number of carbonyl (C=O) groups excluding carboxylic acids is 1. The van der Waals surface area contributed by atoms with Gasteiger partial charge >= 0.3 is 0 Å². The van der Waals surface area contributed by atoms with E-state index in [0.29, 0.717) is 11.5 Å². The Morgan fingerprint density at radius 2 is 2.20 bits per heavy atom. The van der Waals surface area contributed by atoms with Crippen molar-refractivity contribution in [2.75, 3.05) is 5.73 Å². The molecule has 1 aromatic carbocycles. The lowest BCUT2D eigenvalue weighted by molar-refractivity contribution is 0.0916. The molecule has 0 spiro atoms. The van der Waals surface area contributed by atoms with Gasteiger partial charge in [0, 0.05) is 11.7 Å². The van der Waals surface area contributed by atoms with Crippen molar-refractivity contribution in [3.05, 3.63) is 29.6 Å². The molecule has 2 aliphatic rings. The molecule has 3 rings (SSSR count). The Morgan fingerprint density at radius 3 is 2.80 bits per heavy atom. The van der Waals surface area contributed by atoms with Gasteiger partial charge in [0.2, 0.25) is 0 Å². The molecule has 1 amide bonds. The Morgan fingerprint density at radius 1 is 1.40 bits per heavy atom. The van der Waals surface area contributed by atoms with Gasteiger partial charge in [-0.2, -0.15) is 0 Å². The van der Waals surface area contributed by atoms with E-state index in [4.69, 9.17) is 5.73 Å². The molecule has 4 atom stereocenters. The molecule has 4 unspecified atom stereocenters. The molecule has 108 valence electrons. The molecule has 0 heterocycles. The highest BCUT2D eigenvalue weighted by Crippen LogP contribution is 2.49. The van der Waals surface area contributed by atoms with Crippen LogP contribution in [0, 0.1) is 23.6 Å². The fourth-order valence-corrected chi connectivity index (χ4v) is 4.04. The lowest BCUT2D eigenvalue weighted by atomic mass is 9.84. The van der Waals surface area contributed by atoms with Crippen LogP contribution in [0.15, 0.2) is 18.2 Å². The second kappa shape index (κ2) is 5.08. The number of anilines is 1. The average molecular weight is 276 g/mol. The Kier molecular flexibility index (Phi) is 3.40. The normalized spacial score (nSPS) is 29.4. The predicted molar refractivity (Wildman–Crippen MR) is 76.7 cm³/mol. The zero-order chi connectivity index (χ0) is 14.3. The largest absolute Gasteiger partial charge is 0.398 e. The number of hydrogen-bond donors (Lipinski definition) is 2. The Hall–Kier alpha value is -1.58. The highest BCUT2D eigenvalue weighted by molar-refractivity contribution is 5.99. The van der Waals surface area contributed by atoms with Crippen LogP contribution in [0.3, 0.4) is 0 Å². The van der Waals surface area contributed by atoms with Crippen LogP contribution in [0.5, 0.6) is 0 Å². The van der Waals surface area contributed by atoms with E-state index in [1.807, 2.05) is 0 Å². The van der Waals surface area contributed by atoms with Crippen LogP contribution < -0.4 is 11.1 Å². The van der Waals surface area contributed by atoms with Crippen LogP contribution in [0.25, 0.3) is 0 Å². The number of amides is 1. The van der Waals surface area contributed by atoms with Gasteiger partial charge in [-0.15, -0.1) is 0 Å². The van der Waals surface area contributed by atoms with Gasteiger partial charge in [-0.1, -0.05) is 6.42 Å². The summed E-state index contributed by atoms with van der Waals surface area (Å²) in [7, 11) is 0. The second-order valence-corrected chi connectivity index (χ2v) is 6.33. The summed E-state index contributed by atoms with van der Waals surface area (Å²) in [5.41, 5.74) is 6.27. The van der Waals surface area contributed by atoms with Crippen molar-refractivity contribution >= 4 is 11.6 Å². The topological polar surface area (TPSA) is 55.1 Å². The van der Waals surface area contributed by atoms with Crippen LogP contribution in [0.4, 0.5) is 10.1 Å². The van der Waals surface area contributed by atoms with Gasteiger partial charge in [-0.25, -0.2) is 4.39 Å². The van der Waals surface area contributed by atoms with E-state index in [0.717, 1.165) is 11.8 Å². The van der Waals surface area contributed by atoms with Crippen molar-refractivity contribution in [1.29, 1.82) is 0 Å². The van der Waals surface area contributed by atoms with Crippen LogP contribution in [-0.4, -0.2) is 11.9 Å². The second-order valence-electron chi connectivity index (χ2n) is 6.33. The van der Waals surface area contributed by atoms with Gasteiger partial charge in [0.15, 0.2) is 0 Å². The number of fused-ring (bicyclic) bond motifs is 2. The Balaban J connectivity index is 1.66. The third-order valence-corrected chi connectivity index (χ3v) is 5.05. The maximum Gasteiger partial charge on any atom is 0.253 e. The van der Waals surface area contributed by atoms with Gasteiger partial charge in [0.05, 0.1) is 5.56 Å². The van der Waals surface area contributed by atoms with E-state index in [1.165, 1.54) is 43.9 Å². The molecule has 4 heteroatoms. The van der Waals surface area contributed by atoms with E-state index in [9.17, 15) is 9.18 Å². The first-order valence-corrected chi connectivity index (χ1v) is 7.40. The van der Waals surface area contributed by atoms with Crippen LogP contribution in [0.2, 0.25) is 0 Å². The summed E-state index contributed by atoms with van der Waals surface area (Å²) in [6.07, 6.45) is 5.20. The van der Waals surface area contributed by atoms with Crippen LogP contribution >= 0.6 is 0 Å². The molecule has 3 nitrogen and oxygen atoms in total. The van der Waals surface area contributed by atoms with Gasteiger partial charge in [0.1, 0.15) is 5.82 Å². The SMILES string of the molecule is CC(NC(=O)c1ccc(F)cc1N)C1CC2CCC1C2. The molecule has 0 radical (unpaired) electrons. The standard InChI is InChI=1S/C16H21FN2O/c1-9(14-7-10-2-3-11(14)6-10)19-16(20)13-5-4-12(17)8-15(13)18/h4-5,8-11,14H,2-3,6-7,18H2,1H3,(H,19,20). The van der Waals surface area contributed by atoms with Gasteiger partial charge in [-0.3, -0.25) is 4.79 Å². The van der Waals surface area contributed by atoms with Gasteiger partial charge < -0.3 is 11.1 Å². The third kappa shape index (κ3) is 2.39. The number of halogens is 1. The zero-order valence-corrected chi connectivity index (χ0v) is 11.7. The van der Waals surface area contributed by atoms with E-state index in [-0.39, 0.29) is 17.6 Å². The van der Waals surface area contributed by atoms with Crippen molar-refractivity contribution in [3.8, 4) is 0 Å². The summed E-state index contributed by atoms with van der Waals surface area (Å²) < 4.78 is 13.0. The molecular formula is C16H21FN2O. The number of hydrogen-bond acceptors (Lipinski definition) is 2. The molecule has 2 bridgehead atoms. The van der Waals surface area contributed by atoms with Crippen molar-refractivity contribution in [2.24, 2.45) is 17.8 Å². The van der Waals surface area contributed by atoms with Crippen molar-refractivity contribution in [2.45, 2.75) is 38.6 Å². The molecule has 3 N–H and O–H groups in total. The minimum Gasteiger partial charge on any atom is -0.398 e. The molecule has 0 aromatic heterocycles. The lowest BCUT2D eigenvalue weighted by Gasteiger charge is -2.28. The van der Waals surface area contributed by atoms with Crippen molar-refractivity contribution < 1.29 is 9.18 Å². The smallest absolute Gasteiger partial charge is 0.253 e. The number of nitrogen functional groups attached to an aromatic ring is 1. The minimum absolute atomic E-state index is 0.155. The van der Waals surface area contributed by atoms with Gasteiger partial charge in [0.25, 0.3) is 5.91 Å². The summed E-state index contributed by atoms with van der Waals surface area (Å²) in [6.45, 7) is 2.07. The first-order valence-electron chi connectivity index (χ1n) is 7.40. The molecule has 0 saturated heterocycles. The molecule has 1 aromatic rings. The quantitative estimate of drug-likeness (QED) is 0.834. The first kappa shape index (κ1) is 13.4. The van der Waals surface area contributed by atoms with Crippen molar-refractivity contribution in [3.63, 3.8) is 0 Å². The number of benzene rings is 1. The molecule has 2 aliphatic carbocycles. The average Bonchev–Trinajstić information content (AvgIpc) is 3.00. The third-order valence-electron chi connectivity index (χ3n) is 5.05. The highest BCUT2D eigenvalue weighted by atomic mass is 19.1. The Bertz CT molecular complexity index is 531. The van der Waals surface area contributed by atoms with Gasteiger partial charge in [-0.05, 0) is 62.1 Å². The molecule has 0 aliphatic heterocycles. The number of nitrogens with two attached hydrogens (primary N) is 1. The number of rotatable bonds is 3. The number of nitrogens with one attached hydrogen (secondary N) is 1. The summed E-state index contributed by atoms with van der Waals surface area (Å²) in [5.74, 6) is 1.60. The van der Waals surface area contributed by atoms with Crippen molar-refractivity contribution in [1.82, 2.24) is 5.32 Å². The fraction of sp³-hybridized carbons (Fsp3) is 0.562.